The predicted octanol–water partition coefficient (Wildman–Crippen LogP) is 3.12. The molecule has 4 nitrogen and oxygen atoms in total. The highest BCUT2D eigenvalue weighted by Crippen LogP contribution is 2.22. The van der Waals surface area contributed by atoms with Gasteiger partial charge in [0.15, 0.2) is 5.82 Å². The van der Waals surface area contributed by atoms with E-state index in [0.717, 1.165) is 12.2 Å². The molecule has 5 heteroatoms. The molecule has 2 aromatic carbocycles. The summed E-state index contributed by atoms with van der Waals surface area (Å²) in [7, 11) is 0. The van der Waals surface area contributed by atoms with Crippen molar-refractivity contribution in [2.45, 2.75) is 12.3 Å². The molecule has 0 aliphatic heterocycles. The highest BCUT2D eigenvalue weighted by molar-refractivity contribution is 7.80. The van der Waals surface area contributed by atoms with Crippen LogP contribution in [0.25, 0.3) is 11.1 Å². The zero-order valence-corrected chi connectivity index (χ0v) is 12.4. The minimum absolute atomic E-state index is 0.176. The standard InChI is InChI=1S/C16H16N4S/c21-11-15(16-17-19-20-18-16)10-12-6-8-14(9-7-12)13-4-2-1-3-5-13/h1-9,15,21H,10-11H2,(H,17,18,19,20). The third kappa shape index (κ3) is 3.31. The lowest BCUT2D eigenvalue weighted by Crippen LogP contribution is -2.07. The van der Waals surface area contributed by atoms with Gasteiger partial charge in [0.1, 0.15) is 0 Å². The van der Waals surface area contributed by atoms with Gasteiger partial charge in [-0.25, -0.2) is 0 Å². The molecule has 1 aromatic heterocycles. The summed E-state index contributed by atoms with van der Waals surface area (Å²) >= 11 is 4.39. The summed E-state index contributed by atoms with van der Waals surface area (Å²) in [5.41, 5.74) is 3.70. The van der Waals surface area contributed by atoms with Gasteiger partial charge in [0.2, 0.25) is 0 Å². The second-order valence-corrected chi connectivity index (χ2v) is 5.28. The number of aromatic amines is 1. The van der Waals surface area contributed by atoms with Gasteiger partial charge in [0.05, 0.1) is 0 Å². The molecule has 0 spiro atoms. The molecule has 0 radical (unpaired) electrons. The van der Waals surface area contributed by atoms with Crippen LogP contribution in [0.1, 0.15) is 17.3 Å². The Balaban J connectivity index is 1.75. The molecule has 3 rings (SSSR count). The topological polar surface area (TPSA) is 54.5 Å². The molecule has 1 unspecified atom stereocenters. The SMILES string of the molecule is SCC(Cc1ccc(-c2ccccc2)cc1)c1nn[nH]n1. The first kappa shape index (κ1) is 13.8. The fourth-order valence-corrected chi connectivity index (χ4v) is 2.62. The minimum atomic E-state index is 0.176. The molecule has 0 aliphatic carbocycles. The van der Waals surface area contributed by atoms with Crippen molar-refractivity contribution < 1.29 is 0 Å². The summed E-state index contributed by atoms with van der Waals surface area (Å²) in [5, 5.41) is 14.2. The van der Waals surface area contributed by atoms with E-state index in [1.807, 2.05) is 6.07 Å². The highest BCUT2D eigenvalue weighted by atomic mass is 32.1. The van der Waals surface area contributed by atoms with E-state index >= 15 is 0 Å². The number of hydrogen-bond donors (Lipinski definition) is 2. The van der Waals surface area contributed by atoms with Gasteiger partial charge in [-0.15, -0.1) is 10.2 Å². The van der Waals surface area contributed by atoms with Crippen LogP contribution in [0.2, 0.25) is 0 Å². The van der Waals surface area contributed by atoms with Crippen LogP contribution in [0.3, 0.4) is 0 Å². The monoisotopic (exact) mass is 296 g/mol. The maximum atomic E-state index is 4.39. The number of tetrazole rings is 1. The number of rotatable bonds is 5. The Kier molecular flexibility index (Phi) is 4.31. The second-order valence-electron chi connectivity index (χ2n) is 4.92. The van der Waals surface area contributed by atoms with Gasteiger partial charge in [-0.3, -0.25) is 0 Å². The molecule has 106 valence electrons. The van der Waals surface area contributed by atoms with Crippen LogP contribution in [-0.4, -0.2) is 26.4 Å². The van der Waals surface area contributed by atoms with Gasteiger partial charge in [-0.1, -0.05) is 59.8 Å². The van der Waals surface area contributed by atoms with Crippen LogP contribution < -0.4 is 0 Å². The van der Waals surface area contributed by atoms with Crippen molar-refractivity contribution in [3.8, 4) is 11.1 Å². The number of benzene rings is 2. The molecule has 0 bridgehead atoms. The third-order valence-corrected chi connectivity index (χ3v) is 3.93. The Morgan fingerprint density at radius 3 is 2.29 bits per heavy atom. The summed E-state index contributed by atoms with van der Waals surface area (Å²) in [5.74, 6) is 1.59. The number of H-pyrrole nitrogens is 1. The molecule has 1 N–H and O–H groups in total. The average molecular weight is 296 g/mol. The zero-order chi connectivity index (χ0) is 14.5. The highest BCUT2D eigenvalue weighted by Gasteiger charge is 2.15. The normalized spacial score (nSPS) is 12.2. The first-order valence-corrected chi connectivity index (χ1v) is 7.48. The largest absolute Gasteiger partial charge is 0.179 e. The Bertz CT molecular complexity index is 665. The summed E-state index contributed by atoms with van der Waals surface area (Å²) in [4.78, 5) is 0. The predicted molar refractivity (Wildman–Crippen MR) is 86.4 cm³/mol. The second kappa shape index (κ2) is 6.54. The lowest BCUT2D eigenvalue weighted by atomic mass is 9.97. The minimum Gasteiger partial charge on any atom is -0.179 e. The number of nitrogens with zero attached hydrogens (tertiary/aromatic N) is 3. The van der Waals surface area contributed by atoms with Gasteiger partial charge < -0.3 is 0 Å². The van der Waals surface area contributed by atoms with Crippen molar-refractivity contribution in [2.24, 2.45) is 0 Å². The molecule has 21 heavy (non-hydrogen) atoms. The molecule has 0 aliphatic rings. The number of aromatic nitrogens is 4. The van der Waals surface area contributed by atoms with Crippen molar-refractivity contribution in [3.05, 3.63) is 66.0 Å². The smallest absolute Gasteiger partial charge is 0.178 e. The van der Waals surface area contributed by atoms with E-state index in [2.05, 4.69) is 81.8 Å². The van der Waals surface area contributed by atoms with Crippen molar-refractivity contribution in [2.75, 3.05) is 5.75 Å². The van der Waals surface area contributed by atoms with Crippen molar-refractivity contribution >= 4 is 12.6 Å². The van der Waals surface area contributed by atoms with E-state index in [0.29, 0.717) is 5.75 Å². The van der Waals surface area contributed by atoms with Gasteiger partial charge in [0, 0.05) is 11.7 Å². The lowest BCUT2D eigenvalue weighted by Gasteiger charge is -2.10. The molecule has 0 amide bonds. The van der Waals surface area contributed by atoms with Crippen LogP contribution in [0.5, 0.6) is 0 Å². The molecule has 0 saturated carbocycles. The van der Waals surface area contributed by atoms with Crippen molar-refractivity contribution in [3.63, 3.8) is 0 Å². The first-order chi connectivity index (χ1) is 10.4. The third-order valence-electron chi connectivity index (χ3n) is 3.49. The molecule has 0 saturated heterocycles. The number of thiol groups is 1. The van der Waals surface area contributed by atoms with E-state index in [4.69, 9.17) is 0 Å². The molecule has 1 heterocycles. The summed E-state index contributed by atoms with van der Waals surface area (Å²) in [6, 6.07) is 19.0. The molecular weight excluding hydrogens is 280 g/mol. The Hall–Kier alpha value is -2.14. The van der Waals surface area contributed by atoms with Gasteiger partial charge >= 0.3 is 0 Å². The van der Waals surface area contributed by atoms with Crippen LogP contribution >= 0.6 is 12.6 Å². The van der Waals surface area contributed by atoms with E-state index in [-0.39, 0.29) is 5.92 Å². The molecule has 0 fully saturated rings. The number of nitrogens with one attached hydrogen (secondary N) is 1. The van der Waals surface area contributed by atoms with Crippen molar-refractivity contribution in [1.29, 1.82) is 0 Å². The Morgan fingerprint density at radius 2 is 1.67 bits per heavy atom. The first-order valence-electron chi connectivity index (χ1n) is 6.85. The van der Waals surface area contributed by atoms with E-state index in [1.54, 1.807) is 0 Å². The fourth-order valence-electron chi connectivity index (χ4n) is 2.33. The van der Waals surface area contributed by atoms with Crippen molar-refractivity contribution in [1.82, 2.24) is 20.6 Å². The van der Waals surface area contributed by atoms with Crippen LogP contribution in [-0.2, 0) is 6.42 Å². The van der Waals surface area contributed by atoms with Crippen LogP contribution in [0.15, 0.2) is 54.6 Å². The number of hydrogen-bond acceptors (Lipinski definition) is 4. The van der Waals surface area contributed by atoms with Crippen LogP contribution in [0, 0.1) is 0 Å². The van der Waals surface area contributed by atoms with E-state index in [1.165, 1.54) is 16.7 Å². The Morgan fingerprint density at radius 1 is 0.952 bits per heavy atom. The quantitative estimate of drug-likeness (QED) is 0.711. The van der Waals surface area contributed by atoms with Crippen LogP contribution in [0.4, 0.5) is 0 Å². The van der Waals surface area contributed by atoms with Gasteiger partial charge in [-0.2, -0.15) is 17.8 Å². The summed E-state index contributed by atoms with van der Waals surface area (Å²) < 4.78 is 0. The lowest BCUT2D eigenvalue weighted by molar-refractivity contribution is 0.712. The van der Waals surface area contributed by atoms with E-state index < -0.39 is 0 Å². The zero-order valence-electron chi connectivity index (χ0n) is 11.5. The maximum Gasteiger partial charge on any atom is 0.178 e. The maximum absolute atomic E-state index is 4.39. The average Bonchev–Trinajstić information content (AvgIpc) is 3.08. The van der Waals surface area contributed by atoms with E-state index in [9.17, 15) is 0 Å². The summed E-state index contributed by atoms with van der Waals surface area (Å²) in [6.07, 6.45) is 0.859. The molecule has 1 atom stereocenters. The molecular formula is C16H16N4S. The fraction of sp³-hybridized carbons (Fsp3) is 0.188. The molecule has 3 aromatic rings. The van der Waals surface area contributed by atoms with Gasteiger partial charge in [0.25, 0.3) is 0 Å². The summed E-state index contributed by atoms with van der Waals surface area (Å²) in [6.45, 7) is 0. The van der Waals surface area contributed by atoms with Gasteiger partial charge in [-0.05, 0) is 23.1 Å². The Labute approximate surface area is 129 Å².